The Labute approximate surface area is 96.4 Å². The van der Waals surface area contributed by atoms with E-state index in [2.05, 4.69) is 10.9 Å². The quantitative estimate of drug-likeness (QED) is 0.722. The van der Waals surface area contributed by atoms with Gasteiger partial charge in [0.15, 0.2) is 0 Å². The first-order chi connectivity index (χ1) is 7.62. The van der Waals surface area contributed by atoms with Gasteiger partial charge in [0.2, 0.25) is 10.0 Å². The van der Waals surface area contributed by atoms with Crippen LogP contribution in [-0.4, -0.2) is 30.8 Å². The van der Waals surface area contributed by atoms with Crippen LogP contribution in [0.25, 0.3) is 0 Å². The highest BCUT2D eigenvalue weighted by Gasteiger charge is 2.22. The minimum atomic E-state index is -3.50. The van der Waals surface area contributed by atoms with Gasteiger partial charge in [-0.2, -0.15) is 4.31 Å². The fourth-order valence-electron chi connectivity index (χ4n) is 1.28. The van der Waals surface area contributed by atoms with Crippen LogP contribution in [-0.2, 0) is 10.0 Å². The monoisotopic (exact) mass is 238 g/mol. The fraction of sp³-hybridized carbons (Fsp3) is 0.364. The number of hydrogen-bond donors (Lipinski definition) is 0. The molecule has 0 atom stereocenters. The van der Waals surface area contributed by atoms with Crippen LogP contribution in [0.15, 0.2) is 29.4 Å². The molecular weight excluding hydrogens is 224 g/mol. The minimum Gasteiger partial charge on any atom is -0.263 e. The van der Waals surface area contributed by atoms with Gasteiger partial charge >= 0.3 is 0 Å². The second-order valence-electron chi connectivity index (χ2n) is 3.23. The SMILES string of the molecule is C#CCN(CCC)S(=O)(=O)c1cccnc1. The number of hydrogen-bond acceptors (Lipinski definition) is 3. The van der Waals surface area contributed by atoms with Crippen molar-refractivity contribution >= 4 is 10.0 Å². The lowest BCUT2D eigenvalue weighted by Gasteiger charge is -2.18. The summed E-state index contributed by atoms with van der Waals surface area (Å²) < 4.78 is 25.5. The summed E-state index contributed by atoms with van der Waals surface area (Å²) in [6.07, 6.45) is 8.75. The summed E-state index contributed by atoms with van der Waals surface area (Å²) in [4.78, 5) is 3.98. The van der Waals surface area contributed by atoms with E-state index in [9.17, 15) is 8.42 Å². The Morgan fingerprint density at radius 2 is 2.31 bits per heavy atom. The number of sulfonamides is 1. The van der Waals surface area contributed by atoms with Crippen molar-refractivity contribution in [3.63, 3.8) is 0 Å². The topological polar surface area (TPSA) is 50.3 Å². The number of pyridine rings is 1. The minimum absolute atomic E-state index is 0.0884. The molecule has 0 aromatic carbocycles. The van der Waals surface area contributed by atoms with Gasteiger partial charge in [-0.15, -0.1) is 6.42 Å². The van der Waals surface area contributed by atoms with E-state index in [0.717, 1.165) is 6.42 Å². The van der Waals surface area contributed by atoms with Crippen molar-refractivity contribution in [3.8, 4) is 12.3 Å². The normalized spacial score (nSPS) is 11.3. The third-order valence-electron chi connectivity index (χ3n) is 2.01. The third kappa shape index (κ3) is 2.81. The second-order valence-corrected chi connectivity index (χ2v) is 5.17. The number of aromatic nitrogens is 1. The lowest BCUT2D eigenvalue weighted by atomic mass is 10.5. The smallest absolute Gasteiger partial charge is 0.245 e. The molecule has 0 aliphatic heterocycles. The molecule has 16 heavy (non-hydrogen) atoms. The average Bonchev–Trinajstić information content (AvgIpc) is 2.30. The molecule has 0 aliphatic carbocycles. The molecule has 0 spiro atoms. The van der Waals surface area contributed by atoms with E-state index < -0.39 is 10.0 Å². The first kappa shape index (κ1) is 12.7. The van der Waals surface area contributed by atoms with Crippen LogP contribution in [0.5, 0.6) is 0 Å². The molecule has 0 radical (unpaired) electrons. The third-order valence-corrected chi connectivity index (χ3v) is 3.84. The largest absolute Gasteiger partial charge is 0.263 e. The van der Waals surface area contributed by atoms with Crippen molar-refractivity contribution in [3.05, 3.63) is 24.5 Å². The van der Waals surface area contributed by atoms with Crippen LogP contribution in [0.2, 0.25) is 0 Å². The molecule has 0 unspecified atom stereocenters. The Bertz CT molecular complexity index is 463. The molecule has 1 aromatic heterocycles. The molecule has 0 saturated heterocycles. The van der Waals surface area contributed by atoms with Gasteiger partial charge in [-0.25, -0.2) is 8.42 Å². The van der Waals surface area contributed by atoms with Crippen LogP contribution < -0.4 is 0 Å². The van der Waals surface area contributed by atoms with Crippen molar-refractivity contribution < 1.29 is 8.42 Å². The summed E-state index contributed by atoms with van der Waals surface area (Å²) in [5, 5.41) is 0. The van der Waals surface area contributed by atoms with Crippen LogP contribution in [0.3, 0.4) is 0 Å². The van der Waals surface area contributed by atoms with Crippen LogP contribution >= 0.6 is 0 Å². The Morgan fingerprint density at radius 3 is 2.81 bits per heavy atom. The molecule has 4 nitrogen and oxygen atoms in total. The van der Waals surface area contributed by atoms with Crippen molar-refractivity contribution in [2.45, 2.75) is 18.2 Å². The average molecular weight is 238 g/mol. The maximum atomic E-state index is 12.1. The van der Waals surface area contributed by atoms with E-state index in [-0.39, 0.29) is 11.4 Å². The fourth-order valence-corrected chi connectivity index (χ4v) is 2.69. The maximum absolute atomic E-state index is 12.1. The van der Waals surface area contributed by atoms with E-state index in [1.807, 2.05) is 6.92 Å². The van der Waals surface area contributed by atoms with Gasteiger partial charge in [0.25, 0.3) is 0 Å². The van der Waals surface area contributed by atoms with Crippen LogP contribution in [0.1, 0.15) is 13.3 Å². The van der Waals surface area contributed by atoms with Gasteiger partial charge < -0.3 is 0 Å². The highest BCUT2D eigenvalue weighted by atomic mass is 32.2. The van der Waals surface area contributed by atoms with Gasteiger partial charge in [-0.05, 0) is 18.6 Å². The number of terminal acetylenes is 1. The zero-order chi connectivity index (χ0) is 12.0. The van der Waals surface area contributed by atoms with Crippen LogP contribution in [0, 0.1) is 12.3 Å². The molecule has 0 aliphatic rings. The summed E-state index contributed by atoms with van der Waals surface area (Å²) in [6, 6.07) is 3.11. The molecule has 0 bridgehead atoms. The van der Waals surface area contributed by atoms with Gasteiger partial charge in [0.1, 0.15) is 4.90 Å². The van der Waals surface area contributed by atoms with Gasteiger partial charge in [0.05, 0.1) is 6.54 Å². The summed E-state index contributed by atoms with van der Waals surface area (Å²) in [7, 11) is -3.50. The molecule has 86 valence electrons. The number of nitrogens with zero attached hydrogens (tertiary/aromatic N) is 2. The Kier molecular flexibility index (Phi) is 4.47. The van der Waals surface area contributed by atoms with E-state index in [1.165, 1.54) is 22.8 Å². The molecule has 5 heteroatoms. The van der Waals surface area contributed by atoms with Crippen molar-refractivity contribution in [2.24, 2.45) is 0 Å². The van der Waals surface area contributed by atoms with Gasteiger partial charge in [-0.3, -0.25) is 4.98 Å². The molecule has 1 heterocycles. The highest BCUT2D eigenvalue weighted by Crippen LogP contribution is 2.13. The lowest BCUT2D eigenvalue weighted by molar-refractivity contribution is 0.445. The summed E-state index contributed by atoms with van der Waals surface area (Å²) in [5.74, 6) is 2.35. The molecule has 0 saturated carbocycles. The summed E-state index contributed by atoms with van der Waals surface area (Å²) in [5.41, 5.74) is 0. The predicted octanol–water partition coefficient (Wildman–Crippen LogP) is 1.12. The first-order valence-corrected chi connectivity index (χ1v) is 6.40. The maximum Gasteiger partial charge on any atom is 0.245 e. The molecule has 1 aromatic rings. The first-order valence-electron chi connectivity index (χ1n) is 4.96. The predicted molar refractivity (Wildman–Crippen MR) is 62.1 cm³/mol. The van der Waals surface area contributed by atoms with Crippen molar-refractivity contribution in [1.29, 1.82) is 0 Å². The standard InChI is InChI=1S/C11H14N2O2S/c1-3-8-13(9-4-2)16(14,15)11-6-5-7-12-10-11/h1,5-7,10H,4,8-9H2,2H3. The zero-order valence-electron chi connectivity index (χ0n) is 9.13. The second kappa shape index (κ2) is 5.64. The van der Waals surface area contributed by atoms with E-state index in [0.29, 0.717) is 6.54 Å². The summed E-state index contributed by atoms with van der Waals surface area (Å²) >= 11 is 0. The molecule has 0 fully saturated rings. The summed E-state index contributed by atoms with van der Waals surface area (Å²) in [6.45, 7) is 2.41. The van der Waals surface area contributed by atoms with E-state index in [4.69, 9.17) is 6.42 Å². The Hall–Kier alpha value is -1.38. The van der Waals surface area contributed by atoms with E-state index >= 15 is 0 Å². The van der Waals surface area contributed by atoms with Gasteiger partial charge in [0, 0.05) is 18.9 Å². The molecule has 0 N–H and O–H groups in total. The molecular formula is C11H14N2O2S. The molecule has 0 amide bonds. The molecule has 1 rings (SSSR count). The number of rotatable bonds is 5. The van der Waals surface area contributed by atoms with Crippen molar-refractivity contribution in [1.82, 2.24) is 9.29 Å². The van der Waals surface area contributed by atoms with Crippen molar-refractivity contribution in [2.75, 3.05) is 13.1 Å². The van der Waals surface area contributed by atoms with Gasteiger partial charge in [-0.1, -0.05) is 12.8 Å². The van der Waals surface area contributed by atoms with E-state index in [1.54, 1.807) is 6.07 Å². The van der Waals surface area contributed by atoms with Crippen LogP contribution in [0.4, 0.5) is 0 Å². The lowest BCUT2D eigenvalue weighted by Crippen LogP contribution is -2.32. The zero-order valence-corrected chi connectivity index (χ0v) is 9.94. The highest BCUT2D eigenvalue weighted by molar-refractivity contribution is 7.89. The Morgan fingerprint density at radius 1 is 1.56 bits per heavy atom. The Balaban J connectivity index is 3.04.